The van der Waals surface area contributed by atoms with Crippen LogP contribution in [0.1, 0.15) is 37.7 Å². The molecule has 1 aliphatic carbocycles. The smallest absolute Gasteiger partial charge is 0.417 e. The maximum absolute atomic E-state index is 13.1. The molecule has 176 valence electrons. The first kappa shape index (κ1) is 23.0. The molecule has 2 heterocycles. The van der Waals surface area contributed by atoms with Crippen LogP contribution in [0.3, 0.4) is 0 Å². The van der Waals surface area contributed by atoms with Crippen LogP contribution in [0.5, 0.6) is 5.88 Å². The molecule has 0 bridgehead atoms. The fourth-order valence-electron chi connectivity index (χ4n) is 4.19. The Morgan fingerprint density at radius 2 is 1.76 bits per heavy atom. The minimum absolute atomic E-state index is 0.0621. The van der Waals surface area contributed by atoms with Crippen molar-refractivity contribution in [1.82, 2.24) is 10.3 Å². The molecule has 1 N–H and O–H groups in total. The topological polar surface area (TPSA) is 71.5 Å². The Labute approximate surface area is 187 Å². The standard InChI is InChI=1S/C23H23F4N3O3/c24-16-2-6-18(7-3-16)30-13-14(11-21(30)31)22(32)29-17-4-8-19(9-5-17)33-20-10-1-15(12-28-20)23(25,26)27/h1-3,6-7,10,12,14,17,19H,4-5,8-9,11,13H2,(H,29,32). The molecule has 33 heavy (non-hydrogen) atoms. The van der Waals surface area contributed by atoms with Crippen LogP contribution in [-0.2, 0) is 15.8 Å². The lowest BCUT2D eigenvalue weighted by molar-refractivity contribution is -0.137. The van der Waals surface area contributed by atoms with E-state index in [2.05, 4.69) is 10.3 Å². The van der Waals surface area contributed by atoms with Gasteiger partial charge in [0.2, 0.25) is 17.7 Å². The molecule has 1 unspecified atom stereocenters. The molecule has 0 spiro atoms. The van der Waals surface area contributed by atoms with Gasteiger partial charge in [0.15, 0.2) is 0 Å². The van der Waals surface area contributed by atoms with Crippen molar-refractivity contribution in [3.63, 3.8) is 0 Å². The van der Waals surface area contributed by atoms with Gasteiger partial charge in [-0.05, 0) is 56.0 Å². The largest absolute Gasteiger partial charge is 0.474 e. The van der Waals surface area contributed by atoms with Crippen LogP contribution in [0.15, 0.2) is 42.6 Å². The highest BCUT2D eigenvalue weighted by molar-refractivity contribution is 6.00. The summed E-state index contributed by atoms with van der Waals surface area (Å²) >= 11 is 0. The summed E-state index contributed by atoms with van der Waals surface area (Å²) in [5.41, 5.74) is -0.268. The third-order valence-electron chi connectivity index (χ3n) is 6.01. The number of halogens is 4. The van der Waals surface area contributed by atoms with E-state index in [9.17, 15) is 27.2 Å². The van der Waals surface area contributed by atoms with E-state index in [4.69, 9.17) is 4.74 Å². The van der Waals surface area contributed by atoms with Gasteiger partial charge in [-0.25, -0.2) is 9.37 Å². The van der Waals surface area contributed by atoms with E-state index >= 15 is 0 Å². The molecule has 0 radical (unpaired) electrons. The van der Waals surface area contributed by atoms with Crippen LogP contribution in [0.2, 0.25) is 0 Å². The van der Waals surface area contributed by atoms with Crippen molar-refractivity contribution in [2.75, 3.05) is 11.4 Å². The predicted molar refractivity (Wildman–Crippen MR) is 111 cm³/mol. The number of aromatic nitrogens is 1. The Bertz CT molecular complexity index is 988. The number of pyridine rings is 1. The number of amides is 2. The molecule has 1 aromatic carbocycles. The monoisotopic (exact) mass is 465 g/mol. The first-order valence-electron chi connectivity index (χ1n) is 10.8. The number of carbonyl (C=O) groups excluding carboxylic acids is 2. The zero-order valence-electron chi connectivity index (χ0n) is 17.6. The van der Waals surface area contributed by atoms with Crippen molar-refractivity contribution >= 4 is 17.5 Å². The number of rotatable bonds is 5. The number of anilines is 1. The van der Waals surface area contributed by atoms with Gasteiger partial charge in [-0.3, -0.25) is 9.59 Å². The Morgan fingerprint density at radius 1 is 1.06 bits per heavy atom. The molecule has 1 aliphatic heterocycles. The number of carbonyl (C=O) groups is 2. The summed E-state index contributed by atoms with van der Waals surface area (Å²) in [4.78, 5) is 30.2. The van der Waals surface area contributed by atoms with Gasteiger partial charge in [0.05, 0.1) is 11.5 Å². The van der Waals surface area contributed by atoms with E-state index in [-0.39, 0.29) is 42.8 Å². The molecule has 2 amide bonds. The summed E-state index contributed by atoms with van der Waals surface area (Å²) in [5.74, 6) is -1.10. The van der Waals surface area contributed by atoms with E-state index in [0.29, 0.717) is 31.4 Å². The Morgan fingerprint density at radius 3 is 2.36 bits per heavy atom. The molecular weight excluding hydrogens is 442 g/mol. The molecule has 6 nitrogen and oxygen atoms in total. The number of ether oxygens (including phenoxy) is 1. The van der Waals surface area contributed by atoms with Crippen molar-refractivity contribution in [1.29, 1.82) is 0 Å². The molecule has 1 saturated carbocycles. The lowest BCUT2D eigenvalue weighted by atomic mass is 9.92. The molecule has 4 rings (SSSR count). The SMILES string of the molecule is O=C(NC1CCC(Oc2ccc(C(F)(F)F)cn2)CC1)C1CC(=O)N(c2ccc(F)cc2)C1. The molecule has 1 aromatic heterocycles. The van der Waals surface area contributed by atoms with Gasteiger partial charge in [0, 0.05) is 37.0 Å². The Balaban J connectivity index is 1.24. The van der Waals surface area contributed by atoms with Crippen molar-refractivity contribution in [2.24, 2.45) is 5.92 Å². The fourth-order valence-corrected chi connectivity index (χ4v) is 4.19. The highest BCUT2D eigenvalue weighted by Gasteiger charge is 2.36. The summed E-state index contributed by atoms with van der Waals surface area (Å²) in [7, 11) is 0. The predicted octanol–water partition coefficient (Wildman–Crippen LogP) is 4.10. The van der Waals surface area contributed by atoms with E-state index in [0.717, 1.165) is 12.3 Å². The lowest BCUT2D eigenvalue weighted by Gasteiger charge is -2.30. The third-order valence-corrected chi connectivity index (χ3v) is 6.01. The summed E-state index contributed by atoms with van der Waals surface area (Å²) in [6.07, 6.45) is -1.23. The summed E-state index contributed by atoms with van der Waals surface area (Å²) in [6.45, 7) is 0.244. The number of nitrogens with one attached hydrogen (secondary N) is 1. The number of alkyl halides is 3. The zero-order chi connectivity index (χ0) is 23.6. The average Bonchev–Trinajstić information content (AvgIpc) is 3.17. The van der Waals surface area contributed by atoms with Crippen LogP contribution in [0.25, 0.3) is 0 Å². The number of benzene rings is 1. The minimum Gasteiger partial charge on any atom is -0.474 e. The number of nitrogens with zero attached hydrogens (tertiary/aromatic N) is 2. The molecule has 2 aliphatic rings. The summed E-state index contributed by atoms with van der Waals surface area (Å²) in [5, 5.41) is 3.00. The van der Waals surface area contributed by atoms with Gasteiger partial charge in [0.1, 0.15) is 11.9 Å². The van der Waals surface area contributed by atoms with Crippen molar-refractivity contribution in [3.8, 4) is 5.88 Å². The normalized spacial score (nSPS) is 23.5. The average molecular weight is 465 g/mol. The van der Waals surface area contributed by atoms with Crippen molar-refractivity contribution in [3.05, 3.63) is 54.0 Å². The second kappa shape index (κ2) is 9.36. The van der Waals surface area contributed by atoms with Gasteiger partial charge in [-0.2, -0.15) is 13.2 Å². The van der Waals surface area contributed by atoms with Gasteiger partial charge in [-0.1, -0.05) is 0 Å². The van der Waals surface area contributed by atoms with Gasteiger partial charge < -0.3 is 15.0 Å². The highest BCUT2D eigenvalue weighted by Crippen LogP contribution is 2.30. The first-order chi connectivity index (χ1) is 15.7. The van der Waals surface area contributed by atoms with Gasteiger partial charge in [-0.15, -0.1) is 0 Å². The molecule has 2 aromatic rings. The second-order valence-electron chi connectivity index (χ2n) is 8.36. The van der Waals surface area contributed by atoms with Crippen LogP contribution < -0.4 is 15.0 Å². The lowest BCUT2D eigenvalue weighted by Crippen LogP contribution is -2.43. The van der Waals surface area contributed by atoms with Crippen LogP contribution in [0.4, 0.5) is 23.2 Å². The zero-order valence-corrected chi connectivity index (χ0v) is 17.6. The van der Waals surface area contributed by atoms with E-state index in [1.165, 1.54) is 35.2 Å². The molecule has 1 saturated heterocycles. The van der Waals surface area contributed by atoms with E-state index in [1.807, 2.05) is 0 Å². The second-order valence-corrected chi connectivity index (χ2v) is 8.36. The number of hydrogen-bond acceptors (Lipinski definition) is 4. The molecule has 2 fully saturated rings. The number of hydrogen-bond donors (Lipinski definition) is 1. The van der Waals surface area contributed by atoms with Gasteiger partial charge >= 0.3 is 6.18 Å². The molecule has 10 heteroatoms. The van der Waals surface area contributed by atoms with Gasteiger partial charge in [0.25, 0.3) is 0 Å². The minimum atomic E-state index is -4.44. The maximum Gasteiger partial charge on any atom is 0.417 e. The Kier molecular flexibility index (Phi) is 6.53. The van der Waals surface area contributed by atoms with Crippen LogP contribution in [0, 0.1) is 11.7 Å². The summed E-state index contributed by atoms with van der Waals surface area (Å²) < 4.78 is 56.7. The van der Waals surface area contributed by atoms with Crippen molar-refractivity contribution < 1.29 is 31.9 Å². The van der Waals surface area contributed by atoms with E-state index in [1.54, 1.807) is 0 Å². The van der Waals surface area contributed by atoms with Crippen LogP contribution in [-0.4, -0.2) is 35.5 Å². The Hall–Kier alpha value is -3.17. The fraction of sp³-hybridized carbons (Fsp3) is 0.435. The van der Waals surface area contributed by atoms with Crippen molar-refractivity contribution in [2.45, 2.75) is 50.4 Å². The summed E-state index contributed by atoms with van der Waals surface area (Å²) in [6, 6.07) is 7.66. The maximum atomic E-state index is 13.1. The quantitative estimate of drug-likeness (QED) is 0.675. The molecular formula is C23H23F4N3O3. The first-order valence-corrected chi connectivity index (χ1v) is 10.8. The van der Waals surface area contributed by atoms with Crippen LogP contribution >= 0.6 is 0 Å². The highest BCUT2D eigenvalue weighted by atomic mass is 19.4. The third kappa shape index (κ3) is 5.61. The molecule has 1 atom stereocenters. The van der Waals surface area contributed by atoms with E-state index < -0.39 is 23.5 Å².